The third kappa shape index (κ3) is 5.59. The van der Waals surface area contributed by atoms with E-state index >= 15 is 0 Å². The maximum absolute atomic E-state index is 10.9. The second-order valence-electron chi connectivity index (χ2n) is 9.66. The Morgan fingerprint density at radius 1 is 0.765 bits per heavy atom. The molecule has 4 nitrogen and oxygen atoms in total. The smallest absolute Gasteiger partial charge is 0.108 e. The molecule has 0 amide bonds. The maximum Gasteiger partial charge on any atom is 0.108 e. The summed E-state index contributed by atoms with van der Waals surface area (Å²) in [5.41, 5.74) is 4.86. The number of benzene rings is 3. The zero-order valence-corrected chi connectivity index (χ0v) is 19.9. The van der Waals surface area contributed by atoms with Gasteiger partial charge in [-0.05, 0) is 35.1 Å². The lowest BCUT2D eigenvalue weighted by molar-refractivity contribution is 0.0286. The van der Waals surface area contributed by atoms with Crippen LogP contribution in [0.4, 0.5) is 0 Å². The first kappa shape index (κ1) is 23.3. The molecule has 0 aromatic heterocycles. The highest BCUT2D eigenvalue weighted by Crippen LogP contribution is 2.35. The Labute approximate surface area is 203 Å². The molecule has 2 atom stereocenters. The third-order valence-corrected chi connectivity index (χ3v) is 7.46. The van der Waals surface area contributed by atoms with E-state index in [1.54, 1.807) is 0 Å². The van der Waals surface area contributed by atoms with Crippen molar-refractivity contribution in [2.24, 2.45) is 5.92 Å². The van der Waals surface area contributed by atoms with Crippen LogP contribution in [0, 0.1) is 5.92 Å². The number of aliphatic hydroxyl groups is 1. The Morgan fingerprint density at radius 3 is 2.03 bits per heavy atom. The number of hydrogen-bond acceptors (Lipinski definition) is 4. The molecule has 1 saturated heterocycles. The molecule has 1 aliphatic carbocycles. The Balaban J connectivity index is 1.09. The third-order valence-electron chi connectivity index (χ3n) is 7.46. The van der Waals surface area contributed by atoms with Crippen LogP contribution in [0.5, 0.6) is 0 Å². The lowest BCUT2D eigenvalue weighted by Gasteiger charge is -2.39. The average Bonchev–Trinajstić information content (AvgIpc) is 2.90. The van der Waals surface area contributed by atoms with Crippen LogP contribution in [0.3, 0.4) is 0 Å². The Kier molecular flexibility index (Phi) is 7.72. The van der Waals surface area contributed by atoms with Gasteiger partial charge in [-0.1, -0.05) is 84.9 Å². The van der Waals surface area contributed by atoms with Gasteiger partial charge in [0, 0.05) is 45.2 Å². The highest BCUT2D eigenvalue weighted by atomic mass is 16.5. The fourth-order valence-corrected chi connectivity index (χ4v) is 5.46. The fraction of sp³-hybridized carbons (Fsp3) is 0.400. The van der Waals surface area contributed by atoms with Gasteiger partial charge in [0.25, 0.3) is 0 Å². The molecule has 1 unspecified atom stereocenters. The molecule has 3 aromatic rings. The number of nitrogens with zero attached hydrogens (tertiary/aromatic N) is 2. The van der Waals surface area contributed by atoms with Crippen molar-refractivity contribution in [3.63, 3.8) is 0 Å². The minimum absolute atomic E-state index is 0.0284. The van der Waals surface area contributed by atoms with Crippen molar-refractivity contribution in [3.05, 3.63) is 107 Å². The van der Waals surface area contributed by atoms with Gasteiger partial charge in [-0.15, -0.1) is 0 Å². The second-order valence-corrected chi connectivity index (χ2v) is 9.66. The zero-order valence-electron chi connectivity index (χ0n) is 19.9. The van der Waals surface area contributed by atoms with Crippen LogP contribution in [0.2, 0.25) is 0 Å². The number of aryl methyl sites for hydroxylation is 1. The molecule has 178 valence electrons. The summed E-state index contributed by atoms with van der Waals surface area (Å²) in [4.78, 5) is 5.05. The van der Waals surface area contributed by atoms with E-state index in [2.05, 4.69) is 88.7 Å². The van der Waals surface area contributed by atoms with Crippen LogP contribution in [-0.2, 0) is 11.2 Å². The Bertz CT molecular complexity index is 979. The Hall–Kier alpha value is -2.50. The van der Waals surface area contributed by atoms with E-state index in [1.165, 1.54) is 16.7 Å². The molecule has 1 aliphatic heterocycles. The quantitative estimate of drug-likeness (QED) is 0.533. The number of fused-ring (bicyclic) bond motifs is 1. The zero-order chi connectivity index (χ0) is 23.2. The van der Waals surface area contributed by atoms with Crippen LogP contribution >= 0.6 is 0 Å². The van der Waals surface area contributed by atoms with Crippen molar-refractivity contribution >= 4 is 0 Å². The lowest BCUT2D eigenvalue weighted by Crippen LogP contribution is -2.49. The minimum atomic E-state index is -0.329. The summed E-state index contributed by atoms with van der Waals surface area (Å²) in [6.07, 6.45) is 1.80. The van der Waals surface area contributed by atoms with Gasteiger partial charge < -0.3 is 14.7 Å². The van der Waals surface area contributed by atoms with Crippen LogP contribution < -0.4 is 0 Å². The van der Waals surface area contributed by atoms with Crippen LogP contribution in [0.25, 0.3) is 0 Å². The van der Waals surface area contributed by atoms with Gasteiger partial charge >= 0.3 is 0 Å². The molecule has 1 heterocycles. The molecule has 1 N–H and O–H groups in total. The first-order valence-corrected chi connectivity index (χ1v) is 12.7. The van der Waals surface area contributed by atoms with Crippen LogP contribution in [0.15, 0.2) is 84.9 Å². The number of hydrogen-bond donors (Lipinski definition) is 1. The largest absolute Gasteiger partial charge is 0.388 e. The predicted molar refractivity (Wildman–Crippen MR) is 137 cm³/mol. The van der Waals surface area contributed by atoms with Gasteiger partial charge in [-0.3, -0.25) is 4.90 Å². The molecule has 2 aliphatic rings. The SMILES string of the molecule is O[C@@H]1c2ccccc2CCC1CN1CCN(CCOC(c2ccccc2)c2ccccc2)CC1. The van der Waals surface area contributed by atoms with Gasteiger partial charge in [0.15, 0.2) is 0 Å². The van der Waals surface area contributed by atoms with Crippen molar-refractivity contribution in [2.45, 2.75) is 25.0 Å². The molecule has 1 fully saturated rings. The molecule has 0 bridgehead atoms. The second kappa shape index (κ2) is 11.3. The van der Waals surface area contributed by atoms with Crippen molar-refractivity contribution in [1.29, 1.82) is 0 Å². The van der Waals surface area contributed by atoms with Crippen molar-refractivity contribution < 1.29 is 9.84 Å². The van der Waals surface area contributed by atoms with Gasteiger partial charge in [0.2, 0.25) is 0 Å². The highest BCUT2D eigenvalue weighted by Gasteiger charge is 2.30. The highest BCUT2D eigenvalue weighted by molar-refractivity contribution is 5.32. The van der Waals surface area contributed by atoms with E-state index in [0.29, 0.717) is 12.5 Å². The monoisotopic (exact) mass is 456 g/mol. The van der Waals surface area contributed by atoms with Gasteiger partial charge in [0.1, 0.15) is 6.10 Å². The number of piperazine rings is 1. The summed E-state index contributed by atoms with van der Waals surface area (Å²) in [6.45, 7) is 6.89. The van der Waals surface area contributed by atoms with Crippen molar-refractivity contribution in [1.82, 2.24) is 9.80 Å². The molecular formula is C30H36N2O2. The number of ether oxygens (including phenoxy) is 1. The lowest BCUT2D eigenvalue weighted by atomic mass is 9.81. The van der Waals surface area contributed by atoms with E-state index in [0.717, 1.165) is 57.7 Å². The first-order valence-electron chi connectivity index (χ1n) is 12.7. The van der Waals surface area contributed by atoms with E-state index < -0.39 is 0 Å². The summed E-state index contributed by atoms with van der Waals surface area (Å²) < 4.78 is 6.42. The topological polar surface area (TPSA) is 35.9 Å². The standard InChI is InChI=1S/C30H36N2O2/c33-29-27(16-15-24-9-7-8-14-28(24)29)23-32-19-17-31(18-20-32)21-22-34-30(25-10-3-1-4-11-25)26-12-5-2-6-13-26/h1-14,27,29-30,33H,15-23H2/t27?,29-/m0/s1. The molecule has 5 rings (SSSR count). The van der Waals surface area contributed by atoms with E-state index in [1.807, 2.05) is 6.07 Å². The molecule has 34 heavy (non-hydrogen) atoms. The van der Waals surface area contributed by atoms with Crippen LogP contribution in [-0.4, -0.2) is 60.8 Å². The maximum atomic E-state index is 10.9. The number of aliphatic hydroxyl groups excluding tert-OH is 1. The summed E-state index contributed by atoms with van der Waals surface area (Å²) in [5, 5.41) is 10.9. The Morgan fingerprint density at radius 2 is 1.35 bits per heavy atom. The molecule has 3 aromatic carbocycles. The number of rotatable bonds is 8. The molecule has 0 spiro atoms. The summed E-state index contributed by atoms with van der Waals surface area (Å²) in [5.74, 6) is 0.335. The fourth-order valence-electron chi connectivity index (χ4n) is 5.46. The molecule has 0 saturated carbocycles. The van der Waals surface area contributed by atoms with E-state index in [4.69, 9.17) is 4.74 Å². The van der Waals surface area contributed by atoms with Gasteiger partial charge in [-0.25, -0.2) is 0 Å². The predicted octanol–water partition coefficient (Wildman–Crippen LogP) is 4.71. The van der Waals surface area contributed by atoms with Crippen molar-refractivity contribution in [3.8, 4) is 0 Å². The summed E-state index contributed by atoms with van der Waals surface area (Å²) >= 11 is 0. The van der Waals surface area contributed by atoms with E-state index in [-0.39, 0.29) is 12.2 Å². The first-order chi connectivity index (χ1) is 16.8. The summed E-state index contributed by atoms with van der Waals surface area (Å²) in [6, 6.07) is 29.4. The van der Waals surface area contributed by atoms with Crippen LogP contribution in [0.1, 0.15) is 40.9 Å². The van der Waals surface area contributed by atoms with Gasteiger partial charge in [0.05, 0.1) is 12.7 Å². The average molecular weight is 457 g/mol. The summed E-state index contributed by atoms with van der Waals surface area (Å²) in [7, 11) is 0. The molecular weight excluding hydrogens is 420 g/mol. The molecule has 0 radical (unpaired) electrons. The molecule has 4 heteroatoms. The van der Waals surface area contributed by atoms with Gasteiger partial charge in [-0.2, -0.15) is 0 Å². The van der Waals surface area contributed by atoms with E-state index in [9.17, 15) is 5.11 Å². The normalized spacial score (nSPS) is 21.5. The minimum Gasteiger partial charge on any atom is -0.388 e. The van der Waals surface area contributed by atoms with Crippen molar-refractivity contribution in [2.75, 3.05) is 45.9 Å².